The molecule has 1 aromatic rings. The summed E-state index contributed by atoms with van der Waals surface area (Å²) in [5.41, 5.74) is 7.42. The molecular formula is C16H26N2O. The van der Waals surface area contributed by atoms with Gasteiger partial charge in [-0.25, -0.2) is 0 Å². The minimum atomic E-state index is 0.292. The van der Waals surface area contributed by atoms with Gasteiger partial charge in [-0.3, -0.25) is 4.90 Å². The third-order valence-electron chi connectivity index (χ3n) is 4.06. The maximum absolute atomic E-state index is 6.05. The number of nitrogens with zero attached hydrogens (tertiary/aromatic N) is 1. The van der Waals surface area contributed by atoms with Crippen molar-refractivity contribution in [3.05, 3.63) is 35.9 Å². The molecule has 19 heavy (non-hydrogen) atoms. The molecule has 106 valence electrons. The van der Waals surface area contributed by atoms with Crippen LogP contribution >= 0.6 is 0 Å². The zero-order valence-corrected chi connectivity index (χ0v) is 12.3. The van der Waals surface area contributed by atoms with Crippen molar-refractivity contribution >= 4 is 0 Å². The highest BCUT2D eigenvalue weighted by Crippen LogP contribution is 2.25. The Bertz CT molecular complexity index is 372. The molecule has 2 unspecified atom stereocenters. The minimum absolute atomic E-state index is 0.292. The molecule has 1 saturated heterocycles. The molecule has 0 radical (unpaired) electrons. The maximum Gasteiger partial charge on any atom is 0.0678 e. The first-order valence-corrected chi connectivity index (χ1v) is 7.26. The summed E-state index contributed by atoms with van der Waals surface area (Å²) in [5, 5.41) is 0. The predicted octanol–water partition coefficient (Wildman–Crippen LogP) is 2.23. The van der Waals surface area contributed by atoms with Crippen LogP contribution in [0.5, 0.6) is 0 Å². The molecule has 1 aliphatic rings. The highest BCUT2D eigenvalue weighted by Gasteiger charge is 2.30. The fourth-order valence-corrected chi connectivity index (χ4v) is 3.14. The van der Waals surface area contributed by atoms with Gasteiger partial charge in [0.2, 0.25) is 0 Å². The zero-order chi connectivity index (χ0) is 13.8. The molecule has 1 aromatic carbocycles. The van der Waals surface area contributed by atoms with Crippen molar-refractivity contribution in [1.29, 1.82) is 0 Å². The van der Waals surface area contributed by atoms with Crippen LogP contribution in [0.15, 0.2) is 30.3 Å². The van der Waals surface area contributed by atoms with Gasteiger partial charge in [-0.2, -0.15) is 0 Å². The fraction of sp³-hybridized carbons (Fsp3) is 0.625. The van der Waals surface area contributed by atoms with Gasteiger partial charge in [-0.05, 0) is 25.3 Å². The molecular weight excluding hydrogens is 236 g/mol. The molecule has 0 amide bonds. The zero-order valence-electron chi connectivity index (χ0n) is 12.3. The number of rotatable bonds is 4. The second-order valence-electron chi connectivity index (χ2n) is 5.71. The van der Waals surface area contributed by atoms with E-state index in [0.717, 1.165) is 13.1 Å². The minimum Gasteiger partial charge on any atom is -0.373 e. The molecule has 2 rings (SSSR count). The molecule has 1 aliphatic heterocycles. The summed E-state index contributed by atoms with van der Waals surface area (Å²) < 4.78 is 5.81. The van der Waals surface area contributed by atoms with Crippen molar-refractivity contribution in [2.45, 2.75) is 44.9 Å². The van der Waals surface area contributed by atoms with E-state index in [9.17, 15) is 0 Å². The molecule has 0 bridgehead atoms. The number of nitrogens with two attached hydrogens (primary N) is 1. The lowest BCUT2D eigenvalue weighted by molar-refractivity contribution is -0.0816. The van der Waals surface area contributed by atoms with Crippen LogP contribution < -0.4 is 5.73 Å². The number of benzene rings is 1. The highest BCUT2D eigenvalue weighted by atomic mass is 16.5. The lowest BCUT2D eigenvalue weighted by Gasteiger charge is -2.42. The van der Waals surface area contributed by atoms with Crippen molar-refractivity contribution in [1.82, 2.24) is 4.90 Å². The largest absolute Gasteiger partial charge is 0.373 e. The summed E-state index contributed by atoms with van der Waals surface area (Å²) in [6.45, 7) is 9.20. The van der Waals surface area contributed by atoms with E-state index >= 15 is 0 Å². The smallest absolute Gasteiger partial charge is 0.0678 e. The standard InChI is InChI=1S/C16H26N2O/c1-12-10-18(11-13(2)19-12)16(9-17)14(3)15-7-5-4-6-8-15/h4-8,12-14,16H,9-11,17H2,1-3H3/t12-,13+,14?,16?. The molecule has 0 aliphatic carbocycles. The van der Waals surface area contributed by atoms with Gasteiger partial charge >= 0.3 is 0 Å². The quantitative estimate of drug-likeness (QED) is 0.904. The summed E-state index contributed by atoms with van der Waals surface area (Å²) in [5.74, 6) is 0.448. The summed E-state index contributed by atoms with van der Waals surface area (Å²) in [6, 6.07) is 11.0. The van der Waals surface area contributed by atoms with Crippen molar-refractivity contribution in [2.24, 2.45) is 5.73 Å². The monoisotopic (exact) mass is 262 g/mol. The Balaban J connectivity index is 2.11. The molecule has 1 heterocycles. The number of hydrogen-bond acceptors (Lipinski definition) is 3. The van der Waals surface area contributed by atoms with Gasteiger partial charge in [0, 0.05) is 25.7 Å². The van der Waals surface area contributed by atoms with Gasteiger partial charge in [-0.15, -0.1) is 0 Å². The van der Waals surface area contributed by atoms with Gasteiger partial charge in [0.25, 0.3) is 0 Å². The average molecular weight is 262 g/mol. The number of ether oxygens (including phenoxy) is 1. The van der Waals surface area contributed by atoms with E-state index in [4.69, 9.17) is 10.5 Å². The van der Waals surface area contributed by atoms with Gasteiger partial charge in [0.15, 0.2) is 0 Å². The molecule has 0 spiro atoms. The van der Waals surface area contributed by atoms with Crippen molar-refractivity contribution in [3.63, 3.8) is 0 Å². The van der Waals surface area contributed by atoms with Crippen molar-refractivity contribution in [3.8, 4) is 0 Å². The van der Waals surface area contributed by atoms with Crippen LogP contribution in [0.25, 0.3) is 0 Å². The van der Waals surface area contributed by atoms with Gasteiger partial charge in [-0.1, -0.05) is 37.3 Å². The van der Waals surface area contributed by atoms with Gasteiger partial charge < -0.3 is 10.5 Å². The summed E-state index contributed by atoms with van der Waals surface area (Å²) in [6.07, 6.45) is 0.585. The van der Waals surface area contributed by atoms with Crippen molar-refractivity contribution < 1.29 is 4.74 Å². The first-order chi connectivity index (χ1) is 9.11. The summed E-state index contributed by atoms with van der Waals surface area (Å²) in [4.78, 5) is 2.50. The molecule has 1 fully saturated rings. The van der Waals surface area contributed by atoms with Crippen LogP contribution in [0, 0.1) is 0 Å². The van der Waals surface area contributed by atoms with Crippen LogP contribution in [-0.4, -0.2) is 42.8 Å². The average Bonchev–Trinajstić information content (AvgIpc) is 2.39. The topological polar surface area (TPSA) is 38.5 Å². The van der Waals surface area contributed by atoms with Crippen LogP contribution in [-0.2, 0) is 4.74 Å². The van der Waals surface area contributed by atoms with Gasteiger partial charge in [0.1, 0.15) is 0 Å². The summed E-state index contributed by atoms with van der Waals surface area (Å²) >= 11 is 0. The van der Waals surface area contributed by atoms with Crippen LogP contribution in [0.2, 0.25) is 0 Å². The Hall–Kier alpha value is -0.900. The number of morpholine rings is 1. The Kier molecular flexibility index (Phi) is 4.97. The number of hydrogen-bond donors (Lipinski definition) is 1. The molecule has 0 saturated carbocycles. The molecule has 4 atom stereocenters. The second-order valence-corrected chi connectivity index (χ2v) is 5.71. The van der Waals surface area contributed by atoms with Crippen LogP contribution in [0.4, 0.5) is 0 Å². The van der Waals surface area contributed by atoms with E-state index < -0.39 is 0 Å². The van der Waals surface area contributed by atoms with E-state index in [0.29, 0.717) is 30.7 Å². The fourth-order valence-electron chi connectivity index (χ4n) is 3.14. The SMILES string of the molecule is CC(c1ccccc1)C(CN)N1C[C@@H](C)O[C@@H](C)C1. The maximum atomic E-state index is 6.05. The molecule has 3 heteroatoms. The third-order valence-corrected chi connectivity index (χ3v) is 4.06. The van der Waals surface area contributed by atoms with E-state index in [2.05, 4.69) is 56.0 Å². The predicted molar refractivity (Wildman–Crippen MR) is 79.3 cm³/mol. The van der Waals surface area contributed by atoms with Crippen molar-refractivity contribution in [2.75, 3.05) is 19.6 Å². The van der Waals surface area contributed by atoms with E-state index in [1.165, 1.54) is 5.56 Å². The normalized spacial score (nSPS) is 28.0. The Labute approximate surface area is 116 Å². The highest BCUT2D eigenvalue weighted by molar-refractivity contribution is 5.20. The third kappa shape index (κ3) is 3.56. The first-order valence-electron chi connectivity index (χ1n) is 7.26. The van der Waals surface area contributed by atoms with Crippen LogP contribution in [0.1, 0.15) is 32.3 Å². The Morgan fingerprint density at radius 3 is 2.32 bits per heavy atom. The molecule has 3 nitrogen and oxygen atoms in total. The van der Waals surface area contributed by atoms with Crippen LogP contribution in [0.3, 0.4) is 0 Å². The summed E-state index contributed by atoms with van der Waals surface area (Å²) in [7, 11) is 0. The van der Waals surface area contributed by atoms with E-state index in [1.54, 1.807) is 0 Å². The Morgan fingerprint density at radius 2 is 1.79 bits per heavy atom. The van der Waals surface area contributed by atoms with E-state index in [-0.39, 0.29) is 0 Å². The van der Waals surface area contributed by atoms with E-state index in [1.807, 2.05) is 0 Å². The lowest BCUT2D eigenvalue weighted by Crippen LogP contribution is -2.53. The van der Waals surface area contributed by atoms with Gasteiger partial charge in [0.05, 0.1) is 12.2 Å². The molecule has 0 aromatic heterocycles. The molecule has 2 N–H and O–H groups in total. The Morgan fingerprint density at radius 1 is 1.21 bits per heavy atom. The lowest BCUT2D eigenvalue weighted by atomic mass is 9.91. The second kappa shape index (κ2) is 6.51. The first kappa shape index (κ1) is 14.5.